The number of nitrogens with two attached hydrogens (primary N) is 1. The Morgan fingerprint density at radius 3 is 2.09 bits per heavy atom. The number of nitrogens with one attached hydrogen (secondary N) is 1. The number of hydrogen-bond acceptors (Lipinski definition) is 6. The number of nitrogen functional groups attached to an aromatic ring is 1. The van der Waals surface area contributed by atoms with E-state index in [2.05, 4.69) is 21.6 Å². The molecule has 178 valence electrons. The molecule has 0 radical (unpaired) electrons. The Labute approximate surface area is 198 Å². The molecule has 0 saturated heterocycles. The summed E-state index contributed by atoms with van der Waals surface area (Å²) in [5, 5.41) is 2.67. The monoisotopic (exact) mass is 484 g/mol. The molecule has 3 N–H and O–H groups in total. The van der Waals surface area contributed by atoms with E-state index in [-0.39, 0.29) is 30.5 Å². The minimum atomic E-state index is -5.23. The summed E-state index contributed by atoms with van der Waals surface area (Å²) in [7, 11) is -5.23. The molecule has 0 spiro atoms. The Morgan fingerprint density at radius 2 is 1.53 bits per heavy atom. The van der Waals surface area contributed by atoms with Gasteiger partial charge in [0.15, 0.2) is 5.75 Å². The van der Waals surface area contributed by atoms with Gasteiger partial charge in [0.25, 0.3) is 0 Å². The Kier molecular flexibility index (Phi) is 6.22. The lowest BCUT2D eigenvalue weighted by Crippen LogP contribution is -2.26. The molecule has 4 rings (SSSR count). The summed E-state index contributed by atoms with van der Waals surface area (Å²) in [6.07, 6.45) is -0.639. The molecule has 1 aliphatic rings. The van der Waals surface area contributed by atoms with Crippen LogP contribution in [0.5, 0.6) is 5.75 Å². The van der Waals surface area contributed by atoms with Crippen molar-refractivity contribution in [3.63, 3.8) is 0 Å². The van der Waals surface area contributed by atoms with Crippen molar-refractivity contribution in [2.75, 3.05) is 12.3 Å². The van der Waals surface area contributed by atoms with Crippen LogP contribution in [0, 0.1) is 20.8 Å². The van der Waals surface area contributed by atoms with Crippen molar-refractivity contribution < 1.29 is 26.0 Å². The van der Waals surface area contributed by atoms with Crippen LogP contribution in [-0.4, -0.2) is 21.1 Å². The first-order valence-corrected chi connectivity index (χ1v) is 12.0. The molecular formula is C25H25FN2O5S. The van der Waals surface area contributed by atoms with Gasteiger partial charge in [0.2, 0.25) is 0 Å². The minimum absolute atomic E-state index is 0.00150. The van der Waals surface area contributed by atoms with Gasteiger partial charge in [-0.15, -0.1) is 0 Å². The molecule has 0 aliphatic heterocycles. The summed E-state index contributed by atoms with van der Waals surface area (Å²) >= 11 is 0. The maximum absolute atomic E-state index is 13.2. The fraction of sp³-hybridized carbons (Fsp3) is 0.240. The first kappa shape index (κ1) is 23.6. The van der Waals surface area contributed by atoms with Crippen LogP contribution < -0.4 is 15.2 Å². The Bertz CT molecular complexity index is 1340. The Morgan fingerprint density at radius 1 is 0.971 bits per heavy atom. The standard InChI is InChI=1S/C25H25FN2O5S/c1-14-21(15(2)24(16(3)23(14)27)33-34(26,30)31)12-28-25(29)32-13-22-19-10-6-4-8-17(19)18-9-5-7-11-20(18)22/h4-11,22H,12-13,27H2,1-3H3,(H,28,29). The molecule has 1 aliphatic carbocycles. The summed E-state index contributed by atoms with van der Waals surface area (Å²) in [5.74, 6) is -0.263. The van der Waals surface area contributed by atoms with E-state index >= 15 is 0 Å². The van der Waals surface area contributed by atoms with Crippen LogP contribution in [0.25, 0.3) is 11.1 Å². The van der Waals surface area contributed by atoms with Gasteiger partial charge in [-0.05, 0) is 59.7 Å². The van der Waals surface area contributed by atoms with E-state index in [1.54, 1.807) is 20.8 Å². The number of hydrogen-bond donors (Lipinski definition) is 2. The largest absolute Gasteiger partial charge is 0.488 e. The van der Waals surface area contributed by atoms with Crippen molar-refractivity contribution in [1.82, 2.24) is 5.32 Å². The highest BCUT2D eigenvalue weighted by Crippen LogP contribution is 2.44. The van der Waals surface area contributed by atoms with E-state index < -0.39 is 16.6 Å². The molecule has 0 bridgehead atoms. The zero-order valence-corrected chi connectivity index (χ0v) is 19.8. The first-order valence-electron chi connectivity index (χ1n) is 10.7. The van der Waals surface area contributed by atoms with Crippen molar-refractivity contribution in [1.29, 1.82) is 0 Å². The number of halogens is 1. The van der Waals surface area contributed by atoms with Gasteiger partial charge in [-0.25, -0.2) is 4.79 Å². The topological polar surface area (TPSA) is 108 Å². The third-order valence-corrected chi connectivity index (χ3v) is 6.70. The SMILES string of the molecule is Cc1c(N)c(C)c(OS(=O)(=O)F)c(C)c1CNC(=O)OCC1c2ccccc2-c2ccccc21. The van der Waals surface area contributed by atoms with Crippen LogP contribution in [0.15, 0.2) is 48.5 Å². The second kappa shape index (κ2) is 8.98. The predicted octanol–water partition coefficient (Wildman–Crippen LogP) is 4.83. The van der Waals surface area contributed by atoms with E-state index in [9.17, 15) is 17.1 Å². The van der Waals surface area contributed by atoms with Gasteiger partial charge in [0, 0.05) is 23.7 Å². The third-order valence-electron chi connectivity index (χ3n) is 6.33. The molecule has 0 unspecified atom stereocenters. The second-order valence-electron chi connectivity index (χ2n) is 8.25. The summed E-state index contributed by atoms with van der Waals surface area (Å²) in [6, 6.07) is 16.1. The van der Waals surface area contributed by atoms with Crippen LogP contribution in [0.2, 0.25) is 0 Å². The van der Waals surface area contributed by atoms with Crippen molar-refractivity contribution in [2.24, 2.45) is 0 Å². The van der Waals surface area contributed by atoms with Crippen LogP contribution in [0.1, 0.15) is 39.3 Å². The van der Waals surface area contributed by atoms with E-state index in [0.717, 1.165) is 22.3 Å². The number of rotatable bonds is 6. The second-order valence-corrected chi connectivity index (χ2v) is 9.20. The molecule has 0 aromatic heterocycles. The lowest BCUT2D eigenvalue weighted by Gasteiger charge is -2.19. The molecular weight excluding hydrogens is 459 g/mol. The predicted molar refractivity (Wildman–Crippen MR) is 128 cm³/mol. The van der Waals surface area contributed by atoms with Gasteiger partial charge in [-0.2, -0.15) is 8.42 Å². The van der Waals surface area contributed by atoms with Gasteiger partial charge in [-0.3, -0.25) is 0 Å². The number of fused-ring (bicyclic) bond motifs is 3. The fourth-order valence-electron chi connectivity index (χ4n) is 4.57. The molecule has 34 heavy (non-hydrogen) atoms. The molecule has 1 amide bonds. The fourth-order valence-corrected chi connectivity index (χ4v) is 5.01. The first-order chi connectivity index (χ1) is 16.1. The molecule has 0 fully saturated rings. The van der Waals surface area contributed by atoms with Gasteiger partial charge in [0.1, 0.15) is 6.61 Å². The number of amides is 1. The normalized spacial score (nSPS) is 12.7. The van der Waals surface area contributed by atoms with Crippen LogP contribution >= 0.6 is 0 Å². The van der Waals surface area contributed by atoms with E-state index in [1.165, 1.54) is 0 Å². The van der Waals surface area contributed by atoms with Gasteiger partial charge in [0.05, 0.1) is 0 Å². The average Bonchev–Trinajstić information content (AvgIpc) is 3.12. The molecule has 9 heteroatoms. The molecule has 0 heterocycles. The average molecular weight is 485 g/mol. The number of carbonyl (C=O) groups is 1. The summed E-state index contributed by atoms with van der Waals surface area (Å²) in [4.78, 5) is 12.5. The molecule has 0 atom stereocenters. The van der Waals surface area contributed by atoms with Crippen LogP contribution in [0.3, 0.4) is 0 Å². The van der Waals surface area contributed by atoms with E-state index in [0.29, 0.717) is 22.3 Å². The Balaban J connectivity index is 1.48. The number of carbonyl (C=O) groups excluding carboxylic acids is 1. The number of alkyl carbamates (subject to hydrolysis) is 1. The summed E-state index contributed by atoms with van der Waals surface area (Å²) in [6.45, 7) is 5.01. The summed E-state index contributed by atoms with van der Waals surface area (Å²) < 4.78 is 45.3. The highest BCUT2D eigenvalue weighted by atomic mass is 32.3. The molecule has 7 nitrogen and oxygen atoms in total. The van der Waals surface area contributed by atoms with Gasteiger partial charge in [-0.1, -0.05) is 52.4 Å². The van der Waals surface area contributed by atoms with Gasteiger partial charge < -0.3 is 20.0 Å². The van der Waals surface area contributed by atoms with Crippen LogP contribution in [-0.2, 0) is 21.8 Å². The van der Waals surface area contributed by atoms with E-state index in [4.69, 9.17) is 10.5 Å². The smallest absolute Gasteiger partial charge is 0.449 e. The van der Waals surface area contributed by atoms with Crippen molar-refractivity contribution in [2.45, 2.75) is 33.2 Å². The lowest BCUT2D eigenvalue weighted by atomic mass is 9.96. The quantitative estimate of drug-likeness (QED) is 0.383. The molecule has 3 aromatic carbocycles. The van der Waals surface area contributed by atoms with Gasteiger partial charge >= 0.3 is 16.6 Å². The summed E-state index contributed by atoms with van der Waals surface area (Å²) in [5.41, 5.74) is 12.6. The maximum Gasteiger partial charge on any atom is 0.488 e. The number of anilines is 1. The number of ether oxygens (including phenoxy) is 1. The Hall–Kier alpha value is -3.59. The van der Waals surface area contributed by atoms with Crippen LogP contribution in [0.4, 0.5) is 14.4 Å². The highest BCUT2D eigenvalue weighted by molar-refractivity contribution is 7.81. The minimum Gasteiger partial charge on any atom is -0.449 e. The third kappa shape index (κ3) is 4.43. The lowest BCUT2D eigenvalue weighted by molar-refractivity contribution is 0.142. The molecule has 0 saturated carbocycles. The van der Waals surface area contributed by atoms with Crippen molar-refractivity contribution >= 4 is 22.3 Å². The number of benzene rings is 3. The zero-order chi connectivity index (χ0) is 24.6. The van der Waals surface area contributed by atoms with Crippen molar-refractivity contribution in [3.05, 3.63) is 81.9 Å². The zero-order valence-electron chi connectivity index (χ0n) is 19.0. The maximum atomic E-state index is 13.2. The molecule has 3 aromatic rings. The highest BCUT2D eigenvalue weighted by Gasteiger charge is 2.29. The van der Waals surface area contributed by atoms with Crippen molar-refractivity contribution in [3.8, 4) is 16.9 Å². The van der Waals surface area contributed by atoms with E-state index in [1.807, 2.05) is 36.4 Å².